The third-order valence-corrected chi connectivity index (χ3v) is 7.12. The number of allylic oxidation sites excluding steroid dienone is 1. The monoisotopic (exact) mass is 530 g/mol. The van der Waals surface area contributed by atoms with E-state index in [1.807, 2.05) is 0 Å². The van der Waals surface area contributed by atoms with Gasteiger partial charge in [-0.05, 0) is 76.7 Å². The SMILES string of the molecule is CC(C)=C(CN1CCC(CNC(=O)c2cc(C(F)(F)F)cc(C(F)(F)F)c2)CC1)N1CCC(C#N)CC1. The molecule has 2 aliphatic rings. The van der Waals surface area contributed by atoms with Gasteiger partial charge < -0.3 is 10.2 Å². The highest BCUT2D eigenvalue weighted by Crippen LogP contribution is 2.36. The molecule has 0 aromatic heterocycles. The molecule has 0 unspecified atom stereocenters. The van der Waals surface area contributed by atoms with Gasteiger partial charge in [0.2, 0.25) is 0 Å². The fraction of sp³-hybridized carbons (Fsp3) is 0.615. The molecule has 5 nitrogen and oxygen atoms in total. The number of amides is 1. The Labute approximate surface area is 213 Å². The van der Waals surface area contributed by atoms with E-state index in [1.165, 1.54) is 11.3 Å². The van der Waals surface area contributed by atoms with Crippen LogP contribution in [0.4, 0.5) is 26.3 Å². The maximum atomic E-state index is 13.1. The molecule has 11 heteroatoms. The van der Waals surface area contributed by atoms with Crippen LogP contribution in [0.2, 0.25) is 0 Å². The zero-order valence-electron chi connectivity index (χ0n) is 21.0. The van der Waals surface area contributed by atoms with Crippen LogP contribution in [-0.2, 0) is 12.4 Å². The first-order valence-electron chi connectivity index (χ1n) is 12.4. The van der Waals surface area contributed by atoms with Gasteiger partial charge in [0.15, 0.2) is 0 Å². The summed E-state index contributed by atoms with van der Waals surface area (Å²) in [6.07, 6.45) is -6.79. The lowest BCUT2D eigenvalue weighted by atomic mass is 9.95. The number of hydrogen-bond donors (Lipinski definition) is 1. The van der Waals surface area contributed by atoms with Crippen molar-refractivity contribution >= 4 is 5.91 Å². The van der Waals surface area contributed by atoms with Gasteiger partial charge >= 0.3 is 12.4 Å². The van der Waals surface area contributed by atoms with E-state index in [-0.39, 0.29) is 24.4 Å². The van der Waals surface area contributed by atoms with Gasteiger partial charge in [-0.1, -0.05) is 5.57 Å². The first kappa shape index (κ1) is 28.8. The lowest BCUT2D eigenvalue weighted by molar-refractivity contribution is -0.143. The second-order valence-corrected chi connectivity index (χ2v) is 10.1. The Morgan fingerprint density at radius 3 is 1.95 bits per heavy atom. The van der Waals surface area contributed by atoms with Crippen molar-refractivity contribution in [2.75, 3.05) is 39.3 Å². The third-order valence-electron chi connectivity index (χ3n) is 7.12. The van der Waals surface area contributed by atoms with Crippen molar-refractivity contribution in [1.82, 2.24) is 15.1 Å². The molecule has 0 aliphatic carbocycles. The summed E-state index contributed by atoms with van der Waals surface area (Å²) in [6.45, 7) is 8.36. The Balaban J connectivity index is 1.54. The molecule has 1 N–H and O–H groups in total. The number of nitrogens with one attached hydrogen (secondary N) is 1. The number of likely N-dealkylation sites (tertiary alicyclic amines) is 2. The topological polar surface area (TPSA) is 59.4 Å². The summed E-state index contributed by atoms with van der Waals surface area (Å²) < 4.78 is 78.5. The molecule has 0 bridgehead atoms. The standard InChI is InChI=1S/C26H32F6N4O/c1-17(2)23(36-9-5-18(14-33)6-10-36)16-35-7-3-19(4-8-35)15-34-24(37)20-11-21(25(27,28)29)13-22(12-20)26(30,31)32/h11-13,18-19H,3-10,15-16H2,1-2H3,(H,34,37). The van der Waals surface area contributed by atoms with Crippen LogP contribution in [0, 0.1) is 23.2 Å². The van der Waals surface area contributed by atoms with Crippen LogP contribution in [0.3, 0.4) is 0 Å². The molecule has 0 spiro atoms. The van der Waals surface area contributed by atoms with Crippen molar-refractivity contribution in [2.24, 2.45) is 11.8 Å². The molecule has 3 rings (SSSR count). The van der Waals surface area contributed by atoms with Gasteiger partial charge in [-0.15, -0.1) is 0 Å². The number of rotatable bonds is 6. The van der Waals surface area contributed by atoms with Crippen LogP contribution in [-0.4, -0.2) is 55.0 Å². The van der Waals surface area contributed by atoms with Crippen molar-refractivity contribution in [3.05, 3.63) is 46.2 Å². The second kappa shape index (κ2) is 11.8. The molecule has 2 aliphatic heterocycles. The zero-order chi connectivity index (χ0) is 27.4. The molecule has 37 heavy (non-hydrogen) atoms. The predicted molar refractivity (Wildman–Crippen MR) is 126 cm³/mol. The first-order valence-corrected chi connectivity index (χ1v) is 12.4. The van der Waals surface area contributed by atoms with E-state index in [0.29, 0.717) is 12.1 Å². The molecule has 0 radical (unpaired) electrons. The maximum absolute atomic E-state index is 13.1. The number of halogens is 6. The highest BCUT2D eigenvalue weighted by atomic mass is 19.4. The predicted octanol–water partition coefficient (Wildman–Crippen LogP) is 5.70. The number of piperidine rings is 2. The molecular formula is C26H32F6N4O. The Kier molecular flexibility index (Phi) is 9.16. The fourth-order valence-electron chi connectivity index (χ4n) is 4.84. The number of nitrogens with zero attached hydrogens (tertiary/aromatic N) is 3. The van der Waals surface area contributed by atoms with Gasteiger partial charge in [0.05, 0.1) is 17.2 Å². The van der Waals surface area contributed by atoms with E-state index in [2.05, 4.69) is 35.0 Å². The first-order chi connectivity index (χ1) is 17.3. The van der Waals surface area contributed by atoms with Gasteiger partial charge in [-0.3, -0.25) is 9.69 Å². The quantitative estimate of drug-likeness (QED) is 0.480. The minimum absolute atomic E-state index is 0.0129. The lowest BCUT2D eigenvalue weighted by Gasteiger charge is -2.38. The van der Waals surface area contributed by atoms with Crippen molar-refractivity contribution in [3.63, 3.8) is 0 Å². The van der Waals surface area contributed by atoms with Gasteiger partial charge in [0.25, 0.3) is 5.91 Å². The van der Waals surface area contributed by atoms with Crippen LogP contribution in [0.15, 0.2) is 29.5 Å². The smallest absolute Gasteiger partial charge is 0.374 e. The zero-order valence-corrected chi connectivity index (χ0v) is 21.0. The molecule has 0 saturated carbocycles. The van der Waals surface area contributed by atoms with Crippen LogP contribution in [0.25, 0.3) is 0 Å². The van der Waals surface area contributed by atoms with E-state index in [4.69, 9.17) is 5.26 Å². The van der Waals surface area contributed by atoms with Crippen molar-refractivity contribution in [3.8, 4) is 6.07 Å². The molecule has 2 saturated heterocycles. The fourth-order valence-corrected chi connectivity index (χ4v) is 4.84. The Bertz CT molecular complexity index is 991. The van der Waals surface area contributed by atoms with Crippen molar-refractivity contribution in [1.29, 1.82) is 5.26 Å². The largest absolute Gasteiger partial charge is 0.416 e. The Morgan fingerprint density at radius 2 is 1.49 bits per heavy atom. The lowest BCUT2D eigenvalue weighted by Crippen LogP contribution is -2.43. The normalized spacial score (nSPS) is 18.4. The summed E-state index contributed by atoms with van der Waals surface area (Å²) in [5, 5.41) is 11.7. The molecule has 1 amide bonds. The second-order valence-electron chi connectivity index (χ2n) is 10.1. The van der Waals surface area contributed by atoms with E-state index < -0.39 is 35.0 Å². The van der Waals surface area contributed by atoms with Gasteiger partial charge in [0, 0.05) is 43.4 Å². The maximum Gasteiger partial charge on any atom is 0.416 e. The molecule has 1 aromatic rings. The van der Waals surface area contributed by atoms with Crippen LogP contribution in [0.5, 0.6) is 0 Å². The van der Waals surface area contributed by atoms with E-state index >= 15 is 0 Å². The Hall–Kier alpha value is -2.74. The van der Waals surface area contributed by atoms with Crippen LogP contribution in [0.1, 0.15) is 61.0 Å². The van der Waals surface area contributed by atoms with Crippen molar-refractivity contribution in [2.45, 2.75) is 51.9 Å². The van der Waals surface area contributed by atoms with E-state index in [1.54, 1.807) is 0 Å². The summed E-state index contributed by atoms with van der Waals surface area (Å²) in [5.41, 5.74) is -1.19. The minimum atomic E-state index is -5.00. The summed E-state index contributed by atoms with van der Waals surface area (Å²) in [4.78, 5) is 17.1. The minimum Gasteiger partial charge on any atom is -0.374 e. The molecule has 1 aromatic carbocycles. The van der Waals surface area contributed by atoms with E-state index in [9.17, 15) is 31.1 Å². The number of carbonyl (C=O) groups is 1. The van der Waals surface area contributed by atoms with Gasteiger partial charge in [0.1, 0.15) is 0 Å². The average molecular weight is 531 g/mol. The van der Waals surface area contributed by atoms with Gasteiger partial charge in [-0.25, -0.2) is 0 Å². The number of nitriles is 1. The highest BCUT2D eigenvalue weighted by molar-refractivity contribution is 5.94. The summed E-state index contributed by atoms with van der Waals surface area (Å²) >= 11 is 0. The van der Waals surface area contributed by atoms with Crippen LogP contribution >= 0.6 is 0 Å². The van der Waals surface area contributed by atoms with E-state index in [0.717, 1.165) is 58.4 Å². The number of alkyl halides is 6. The highest BCUT2D eigenvalue weighted by Gasteiger charge is 2.37. The van der Waals surface area contributed by atoms with Gasteiger partial charge in [-0.2, -0.15) is 31.6 Å². The average Bonchev–Trinajstić information content (AvgIpc) is 2.85. The molecular weight excluding hydrogens is 498 g/mol. The molecule has 0 atom stereocenters. The molecule has 2 fully saturated rings. The molecule has 204 valence electrons. The summed E-state index contributed by atoms with van der Waals surface area (Å²) in [7, 11) is 0. The number of benzene rings is 1. The Morgan fingerprint density at radius 1 is 0.946 bits per heavy atom. The van der Waals surface area contributed by atoms with Crippen LogP contribution < -0.4 is 5.32 Å². The number of carbonyl (C=O) groups excluding carboxylic acids is 1. The summed E-state index contributed by atoms with van der Waals surface area (Å²) in [5.74, 6) is -0.766. The summed E-state index contributed by atoms with van der Waals surface area (Å²) in [6, 6.07) is 3.26. The third kappa shape index (κ3) is 7.87. The number of hydrogen-bond acceptors (Lipinski definition) is 4. The van der Waals surface area contributed by atoms with Crippen molar-refractivity contribution < 1.29 is 31.1 Å². The molecule has 2 heterocycles.